The number of nitrogens with one attached hydrogen (secondary N) is 1. The van der Waals surface area contributed by atoms with Crippen molar-refractivity contribution in [3.63, 3.8) is 0 Å². The van der Waals surface area contributed by atoms with Crippen LogP contribution in [0.15, 0.2) is 46.1 Å². The first-order chi connectivity index (χ1) is 12.9. The molecule has 1 amide bonds. The van der Waals surface area contributed by atoms with E-state index < -0.39 is 10.0 Å². The molecule has 1 aromatic carbocycles. The number of likely N-dealkylation sites (tertiary alicyclic amines) is 1. The molecule has 7 nitrogen and oxygen atoms in total. The van der Waals surface area contributed by atoms with E-state index in [-0.39, 0.29) is 16.7 Å². The number of sulfonamides is 1. The van der Waals surface area contributed by atoms with Crippen molar-refractivity contribution in [3.8, 4) is 5.75 Å². The second-order valence-electron chi connectivity index (χ2n) is 6.73. The summed E-state index contributed by atoms with van der Waals surface area (Å²) in [6.45, 7) is 3.33. The quantitative estimate of drug-likeness (QED) is 0.816. The van der Waals surface area contributed by atoms with Gasteiger partial charge in [0.05, 0.1) is 23.8 Å². The van der Waals surface area contributed by atoms with E-state index in [1.54, 1.807) is 43.2 Å². The minimum absolute atomic E-state index is 0.0448. The maximum atomic E-state index is 12.6. The van der Waals surface area contributed by atoms with Gasteiger partial charge in [-0.05, 0) is 55.5 Å². The zero-order valence-electron chi connectivity index (χ0n) is 15.5. The monoisotopic (exact) mass is 392 g/mol. The molecule has 1 aromatic heterocycles. The smallest absolute Gasteiger partial charge is 0.257 e. The number of carbonyl (C=O) groups excluding carboxylic acids is 1. The number of nitrogens with zero attached hydrogens (tertiary/aromatic N) is 1. The minimum atomic E-state index is -3.58. The Kier molecular flexibility index (Phi) is 5.86. The molecule has 1 aliphatic heterocycles. The fraction of sp³-hybridized carbons (Fsp3) is 0.421. The third kappa shape index (κ3) is 4.51. The van der Waals surface area contributed by atoms with Crippen LogP contribution in [0.3, 0.4) is 0 Å². The Hall–Kier alpha value is -2.32. The number of piperidine rings is 1. The summed E-state index contributed by atoms with van der Waals surface area (Å²) in [5.74, 6) is 0.782. The van der Waals surface area contributed by atoms with Crippen molar-refractivity contribution >= 4 is 15.9 Å². The fourth-order valence-corrected chi connectivity index (χ4v) is 4.61. The first kappa shape index (κ1) is 19.4. The number of methoxy groups -OCH3 is 1. The summed E-state index contributed by atoms with van der Waals surface area (Å²) in [7, 11) is -2.03. The van der Waals surface area contributed by atoms with E-state index in [0.717, 1.165) is 12.8 Å². The molecule has 1 saturated heterocycles. The van der Waals surface area contributed by atoms with Crippen molar-refractivity contribution in [2.75, 3.05) is 26.7 Å². The van der Waals surface area contributed by atoms with Crippen LogP contribution < -0.4 is 9.46 Å². The summed E-state index contributed by atoms with van der Waals surface area (Å²) >= 11 is 0. The van der Waals surface area contributed by atoms with Crippen molar-refractivity contribution in [2.45, 2.75) is 24.7 Å². The molecule has 2 heterocycles. The topological polar surface area (TPSA) is 88.9 Å². The highest BCUT2D eigenvalue weighted by atomic mass is 32.2. The highest BCUT2D eigenvalue weighted by Gasteiger charge is 2.26. The number of aryl methyl sites for hydroxylation is 1. The van der Waals surface area contributed by atoms with Crippen LogP contribution >= 0.6 is 0 Å². The minimum Gasteiger partial charge on any atom is -0.497 e. The molecular weight excluding hydrogens is 368 g/mol. The highest BCUT2D eigenvalue weighted by Crippen LogP contribution is 2.22. The zero-order chi connectivity index (χ0) is 19.4. The van der Waals surface area contributed by atoms with Crippen LogP contribution in [0.2, 0.25) is 0 Å². The maximum Gasteiger partial charge on any atom is 0.257 e. The van der Waals surface area contributed by atoms with Crippen LogP contribution in [0.4, 0.5) is 0 Å². The molecule has 8 heteroatoms. The molecule has 2 aromatic rings. The number of hydrogen-bond donors (Lipinski definition) is 1. The van der Waals surface area contributed by atoms with Crippen LogP contribution in [0.5, 0.6) is 5.75 Å². The average Bonchev–Trinajstić information content (AvgIpc) is 3.20. The van der Waals surface area contributed by atoms with Gasteiger partial charge in [-0.25, -0.2) is 13.1 Å². The van der Waals surface area contributed by atoms with Gasteiger partial charge in [-0.1, -0.05) is 0 Å². The fourth-order valence-electron chi connectivity index (χ4n) is 3.26. The molecule has 146 valence electrons. The largest absolute Gasteiger partial charge is 0.497 e. The van der Waals surface area contributed by atoms with Crippen LogP contribution in [-0.2, 0) is 10.0 Å². The number of ether oxygens (including phenoxy) is 1. The molecule has 0 spiro atoms. The van der Waals surface area contributed by atoms with Crippen molar-refractivity contribution in [1.29, 1.82) is 0 Å². The molecular formula is C19H24N2O5S. The molecule has 1 aliphatic rings. The molecule has 0 saturated carbocycles. The van der Waals surface area contributed by atoms with Gasteiger partial charge in [0.2, 0.25) is 10.0 Å². The number of furan rings is 1. The van der Waals surface area contributed by atoms with Gasteiger partial charge in [-0.2, -0.15) is 0 Å². The van der Waals surface area contributed by atoms with E-state index >= 15 is 0 Å². The summed E-state index contributed by atoms with van der Waals surface area (Å²) in [4.78, 5) is 14.3. The van der Waals surface area contributed by atoms with Crippen LogP contribution in [0, 0.1) is 12.8 Å². The second-order valence-corrected chi connectivity index (χ2v) is 8.47. The first-order valence-corrected chi connectivity index (χ1v) is 10.3. The summed E-state index contributed by atoms with van der Waals surface area (Å²) in [5, 5.41) is 0. The van der Waals surface area contributed by atoms with Gasteiger partial charge >= 0.3 is 0 Å². The van der Waals surface area contributed by atoms with Gasteiger partial charge < -0.3 is 14.1 Å². The summed E-state index contributed by atoms with van der Waals surface area (Å²) < 4.78 is 38.0. The third-order valence-electron chi connectivity index (χ3n) is 4.90. The van der Waals surface area contributed by atoms with Crippen molar-refractivity contribution < 1.29 is 22.4 Å². The summed E-state index contributed by atoms with van der Waals surface area (Å²) in [6.07, 6.45) is 4.44. The predicted molar refractivity (Wildman–Crippen MR) is 100 cm³/mol. The third-order valence-corrected chi connectivity index (χ3v) is 6.49. The lowest BCUT2D eigenvalue weighted by Crippen LogP contribution is -2.41. The molecule has 0 aliphatic carbocycles. The van der Waals surface area contributed by atoms with E-state index in [1.165, 1.54) is 12.5 Å². The Balaban J connectivity index is 1.54. The molecule has 1 N–H and O–H groups in total. The van der Waals surface area contributed by atoms with E-state index in [1.807, 2.05) is 0 Å². The number of amides is 1. The lowest BCUT2D eigenvalue weighted by atomic mass is 9.97. The van der Waals surface area contributed by atoms with E-state index in [9.17, 15) is 13.2 Å². The molecule has 27 heavy (non-hydrogen) atoms. The second kappa shape index (κ2) is 8.14. The normalized spacial score (nSPS) is 15.7. The van der Waals surface area contributed by atoms with Crippen molar-refractivity contribution in [3.05, 3.63) is 47.9 Å². The van der Waals surface area contributed by atoms with Crippen LogP contribution in [-0.4, -0.2) is 46.0 Å². The lowest BCUT2D eigenvalue weighted by molar-refractivity contribution is 0.0691. The Morgan fingerprint density at radius 1 is 1.30 bits per heavy atom. The van der Waals surface area contributed by atoms with E-state index in [2.05, 4.69) is 4.72 Å². The number of benzene rings is 1. The van der Waals surface area contributed by atoms with Crippen LogP contribution in [0.1, 0.15) is 28.8 Å². The van der Waals surface area contributed by atoms with Crippen LogP contribution in [0.25, 0.3) is 0 Å². The highest BCUT2D eigenvalue weighted by molar-refractivity contribution is 7.89. The van der Waals surface area contributed by atoms with E-state index in [4.69, 9.17) is 9.15 Å². The number of hydrogen-bond acceptors (Lipinski definition) is 5. The van der Waals surface area contributed by atoms with Gasteiger partial charge in [0.15, 0.2) is 0 Å². The van der Waals surface area contributed by atoms with Gasteiger partial charge in [-0.3, -0.25) is 4.79 Å². The number of carbonyl (C=O) groups is 1. The van der Waals surface area contributed by atoms with Gasteiger partial charge in [-0.15, -0.1) is 0 Å². The molecule has 0 unspecified atom stereocenters. The van der Waals surface area contributed by atoms with E-state index in [0.29, 0.717) is 36.5 Å². The first-order valence-electron chi connectivity index (χ1n) is 8.86. The SMILES string of the molecule is COc1ccc(S(=O)(=O)NCC2CCN(C(=O)c3ccoc3)CC2)c(C)c1. The maximum absolute atomic E-state index is 12.6. The Bertz CT molecular complexity index is 885. The molecule has 1 fully saturated rings. The summed E-state index contributed by atoms with van der Waals surface area (Å²) in [6, 6.07) is 6.55. The zero-order valence-corrected chi connectivity index (χ0v) is 16.3. The van der Waals surface area contributed by atoms with Crippen molar-refractivity contribution in [2.24, 2.45) is 5.92 Å². The van der Waals surface area contributed by atoms with Gasteiger partial charge in [0, 0.05) is 19.6 Å². The predicted octanol–water partition coefficient (Wildman–Crippen LogP) is 2.43. The number of rotatable bonds is 6. The van der Waals surface area contributed by atoms with Gasteiger partial charge in [0.25, 0.3) is 5.91 Å². The Morgan fingerprint density at radius 3 is 2.63 bits per heavy atom. The average molecular weight is 392 g/mol. The van der Waals surface area contributed by atoms with Gasteiger partial charge in [0.1, 0.15) is 12.0 Å². The Morgan fingerprint density at radius 2 is 2.04 bits per heavy atom. The molecule has 3 rings (SSSR count). The molecule has 0 bridgehead atoms. The van der Waals surface area contributed by atoms with Crippen molar-refractivity contribution in [1.82, 2.24) is 9.62 Å². The standard InChI is InChI=1S/C19H24N2O5S/c1-14-11-17(25-2)3-4-18(14)27(23,24)20-12-15-5-8-21(9-6-15)19(22)16-7-10-26-13-16/h3-4,7,10-11,13,15,20H,5-6,8-9,12H2,1-2H3. The Labute approximate surface area is 159 Å². The lowest BCUT2D eigenvalue weighted by Gasteiger charge is -2.31. The molecule has 0 atom stereocenters. The molecule has 0 radical (unpaired) electrons. The summed E-state index contributed by atoms with van der Waals surface area (Å²) in [5.41, 5.74) is 1.19.